The Morgan fingerprint density at radius 3 is 2.35 bits per heavy atom. The van der Waals surface area contributed by atoms with Crippen molar-refractivity contribution in [3.05, 3.63) is 29.8 Å². The van der Waals surface area contributed by atoms with Gasteiger partial charge in [0.05, 0.1) is 6.10 Å². The fourth-order valence-electron chi connectivity index (χ4n) is 2.75. The number of piperidine rings is 1. The first kappa shape index (κ1) is 17.3. The van der Waals surface area contributed by atoms with E-state index in [9.17, 15) is 9.59 Å². The summed E-state index contributed by atoms with van der Waals surface area (Å²) in [5.41, 5.74) is 1.05. The van der Waals surface area contributed by atoms with Gasteiger partial charge in [-0.2, -0.15) is 0 Å². The fraction of sp³-hybridized carbons (Fsp3) is 0.556. The number of amides is 2. The monoisotopic (exact) mass is 318 g/mol. The highest BCUT2D eigenvalue weighted by atomic mass is 16.5. The molecule has 0 aromatic heterocycles. The van der Waals surface area contributed by atoms with E-state index in [2.05, 4.69) is 5.32 Å². The molecule has 0 aliphatic carbocycles. The lowest BCUT2D eigenvalue weighted by atomic mass is 9.96. The number of hydrogen-bond acceptors (Lipinski definition) is 3. The Morgan fingerprint density at radius 2 is 1.83 bits per heavy atom. The van der Waals surface area contributed by atoms with Crippen molar-refractivity contribution >= 4 is 11.8 Å². The van der Waals surface area contributed by atoms with E-state index >= 15 is 0 Å². The Hall–Kier alpha value is -2.04. The molecule has 1 aromatic rings. The van der Waals surface area contributed by atoms with Crippen molar-refractivity contribution in [1.29, 1.82) is 0 Å². The molecular weight excluding hydrogens is 292 g/mol. The average Bonchev–Trinajstić information content (AvgIpc) is 2.53. The first-order valence-corrected chi connectivity index (χ1v) is 8.24. The molecule has 5 nitrogen and oxygen atoms in total. The van der Waals surface area contributed by atoms with Crippen LogP contribution >= 0.6 is 0 Å². The van der Waals surface area contributed by atoms with E-state index < -0.39 is 0 Å². The van der Waals surface area contributed by atoms with E-state index in [1.807, 2.05) is 38.1 Å². The number of benzene rings is 1. The number of hydrogen-bond donors (Lipinski definition) is 1. The molecule has 0 atom stereocenters. The van der Waals surface area contributed by atoms with Gasteiger partial charge < -0.3 is 15.0 Å². The molecule has 5 heteroatoms. The lowest BCUT2D eigenvalue weighted by Crippen LogP contribution is -2.42. The molecule has 0 bridgehead atoms. The number of nitrogens with one attached hydrogen (secondary N) is 1. The summed E-state index contributed by atoms with van der Waals surface area (Å²) in [4.78, 5) is 25.3. The van der Waals surface area contributed by atoms with Crippen LogP contribution in [0.3, 0.4) is 0 Å². The molecule has 1 saturated heterocycles. The maximum Gasteiger partial charge on any atom is 0.223 e. The van der Waals surface area contributed by atoms with Gasteiger partial charge in [-0.25, -0.2) is 0 Å². The van der Waals surface area contributed by atoms with Crippen molar-refractivity contribution in [1.82, 2.24) is 10.2 Å². The standard InChI is InChI=1S/C18H26N2O3/c1-13(2)23-17-6-4-15(5-7-17)12-19-18(22)16-8-10-20(11-9-16)14(3)21/h4-7,13,16H,8-12H2,1-3H3,(H,19,22). The van der Waals surface area contributed by atoms with Crippen LogP contribution in [0, 0.1) is 5.92 Å². The van der Waals surface area contributed by atoms with Gasteiger partial charge >= 0.3 is 0 Å². The summed E-state index contributed by atoms with van der Waals surface area (Å²) < 4.78 is 5.60. The van der Waals surface area contributed by atoms with Gasteiger partial charge in [-0.1, -0.05) is 12.1 Å². The summed E-state index contributed by atoms with van der Waals surface area (Å²) in [6.45, 7) is 7.43. The summed E-state index contributed by atoms with van der Waals surface area (Å²) >= 11 is 0. The average molecular weight is 318 g/mol. The number of rotatable bonds is 5. The van der Waals surface area contributed by atoms with Gasteiger partial charge in [0, 0.05) is 32.5 Å². The molecular formula is C18H26N2O3. The highest BCUT2D eigenvalue weighted by Gasteiger charge is 2.25. The molecule has 1 N–H and O–H groups in total. The second-order valence-electron chi connectivity index (χ2n) is 6.31. The lowest BCUT2D eigenvalue weighted by Gasteiger charge is -2.30. The minimum absolute atomic E-state index is 0.00847. The van der Waals surface area contributed by atoms with Gasteiger partial charge in [0.1, 0.15) is 5.75 Å². The molecule has 0 spiro atoms. The van der Waals surface area contributed by atoms with Gasteiger partial charge in [-0.3, -0.25) is 9.59 Å². The van der Waals surface area contributed by atoms with Crippen molar-refractivity contribution in [3.8, 4) is 5.75 Å². The van der Waals surface area contributed by atoms with Crippen LogP contribution in [0.5, 0.6) is 5.75 Å². The van der Waals surface area contributed by atoms with Crippen LogP contribution < -0.4 is 10.1 Å². The quantitative estimate of drug-likeness (QED) is 0.906. The smallest absolute Gasteiger partial charge is 0.223 e. The Balaban J connectivity index is 1.77. The molecule has 1 fully saturated rings. The largest absolute Gasteiger partial charge is 0.491 e. The van der Waals surface area contributed by atoms with Gasteiger partial charge in [0.15, 0.2) is 0 Å². The van der Waals surface area contributed by atoms with Gasteiger partial charge in [0.2, 0.25) is 11.8 Å². The molecule has 0 radical (unpaired) electrons. The minimum Gasteiger partial charge on any atom is -0.491 e. The highest BCUT2D eigenvalue weighted by molar-refractivity contribution is 5.79. The molecule has 126 valence electrons. The van der Waals surface area contributed by atoms with Crippen LogP contribution in [0.2, 0.25) is 0 Å². The summed E-state index contributed by atoms with van der Waals surface area (Å²) in [7, 11) is 0. The molecule has 23 heavy (non-hydrogen) atoms. The number of carbonyl (C=O) groups is 2. The summed E-state index contributed by atoms with van der Waals surface area (Å²) in [6, 6.07) is 7.78. The second-order valence-corrected chi connectivity index (χ2v) is 6.31. The molecule has 2 rings (SSSR count). The number of carbonyl (C=O) groups excluding carboxylic acids is 2. The van der Waals surface area contributed by atoms with E-state index in [-0.39, 0.29) is 23.8 Å². The van der Waals surface area contributed by atoms with Crippen LogP contribution in [0.25, 0.3) is 0 Å². The number of nitrogens with zero attached hydrogens (tertiary/aromatic N) is 1. The van der Waals surface area contributed by atoms with Crippen molar-refractivity contribution in [2.24, 2.45) is 5.92 Å². The van der Waals surface area contributed by atoms with E-state index in [1.54, 1.807) is 11.8 Å². The minimum atomic E-state index is 0.00847. The first-order valence-electron chi connectivity index (χ1n) is 8.24. The number of ether oxygens (including phenoxy) is 1. The zero-order valence-corrected chi connectivity index (χ0v) is 14.2. The predicted octanol–water partition coefficient (Wildman–Crippen LogP) is 2.35. The van der Waals surface area contributed by atoms with E-state index in [0.717, 1.165) is 24.2 Å². The number of likely N-dealkylation sites (tertiary alicyclic amines) is 1. The van der Waals surface area contributed by atoms with Crippen LogP contribution in [-0.4, -0.2) is 35.9 Å². The molecule has 1 heterocycles. The van der Waals surface area contributed by atoms with Gasteiger partial charge in [-0.05, 0) is 44.4 Å². The first-order chi connectivity index (χ1) is 11.0. The summed E-state index contributed by atoms with van der Waals surface area (Å²) in [6.07, 6.45) is 1.64. The zero-order chi connectivity index (χ0) is 16.8. The third kappa shape index (κ3) is 5.27. The van der Waals surface area contributed by atoms with Gasteiger partial charge in [-0.15, -0.1) is 0 Å². The third-order valence-corrected chi connectivity index (χ3v) is 4.07. The SMILES string of the molecule is CC(=O)N1CCC(C(=O)NCc2ccc(OC(C)C)cc2)CC1. The van der Waals surface area contributed by atoms with E-state index in [0.29, 0.717) is 19.6 Å². The Kier molecular flexibility index (Phi) is 6.02. The normalized spacial score (nSPS) is 15.6. The van der Waals surface area contributed by atoms with Gasteiger partial charge in [0.25, 0.3) is 0 Å². The lowest BCUT2D eigenvalue weighted by molar-refractivity contribution is -0.134. The molecule has 0 unspecified atom stereocenters. The molecule has 1 aliphatic heterocycles. The highest BCUT2D eigenvalue weighted by Crippen LogP contribution is 2.18. The van der Waals surface area contributed by atoms with Crippen molar-refractivity contribution in [2.75, 3.05) is 13.1 Å². The van der Waals surface area contributed by atoms with Crippen molar-refractivity contribution in [3.63, 3.8) is 0 Å². The molecule has 1 aromatic carbocycles. The van der Waals surface area contributed by atoms with E-state index in [1.165, 1.54) is 0 Å². The summed E-state index contributed by atoms with van der Waals surface area (Å²) in [5, 5.41) is 2.99. The predicted molar refractivity (Wildman–Crippen MR) is 89.0 cm³/mol. The Labute approximate surface area is 138 Å². The van der Waals surface area contributed by atoms with Crippen LogP contribution in [0.15, 0.2) is 24.3 Å². The van der Waals surface area contributed by atoms with Crippen molar-refractivity contribution < 1.29 is 14.3 Å². The van der Waals surface area contributed by atoms with Crippen LogP contribution in [0.4, 0.5) is 0 Å². The molecule has 0 saturated carbocycles. The molecule has 1 aliphatic rings. The van der Waals surface area contributed by atoms with E-state index in [4.69, 9.17) is 4.74 Å². The zero-order valence-electron chi connectivity index (χ0n) is 14.2. The maximum absolute atomic E-state index is 12.2. The van der Waals surface area contributed by atoms with Crippen molar-refractivity contribution in [2.45, 2.75) is 46.3 Å². The summed E-state index contributed by atoms with van der Waals surface area (Å²) in [5.74, 6) is 1.02. The van der Waals surface area contributed by atoms with Crippen LogP contribution in [0.1, 0.15) is 39.2 Å². The van der Waals surface area contributed by atoms with Crippen LogP contribution in [-0.2, 0) is 16.1 Å². The third-order valence-electron chi connectivity index (χ3n) is 4.07. The maximum atomic E-state index is 12.2. The second kappa shape index (κ2) is 7.99. The fourth-order valence-corrected chi connectivity index (χ4v) is 2.75. The Bertz CT molecular complexity index is 532. The molecule has 2 amide bonds. The Morgan fingerprint density at radius 1 is 1.22 bits per heavy atom. The topological polar surface area (TPSA) is 58.6 Å².